The molecular formula is C14H18F2N2O2. The number of benzene rings is 1. The summed E-state index contributed by atoms with van der Waals surface area (Å²) in [7, 11) is 2.96. The number of likely N-dealkylation sites (N-methyl/N-ethyl adjacent to an activating group) is 1. The van der Waals surface area contributed by atoms with E-state index in [1.165, 1.54) is 12.1 Å². The highest BCUT2D eigenvalue weighted by Gasteiger charge is 2.29. The van der Waals surface area contributed by atoms with Crippen molar-refractivity contribution in [3.05, 3.63) is 29.3 Å². The van der Waals surface area contributed by atoms with Gasteiger partial charge in [-0.05, 0) is 32.0 Å². The van der Waals surface area contributed by atoms with E-state index in [-0.39, 0.29) is 17.3 Å². The molecule has 1 aliphatic rings. The zero-order valence-corrected chi connectivity index (χ0v) is 11.6. The Hall–Kier alpha value is -1.69. The van der Waals surface area contributed by atoms with Crippen LogP contribution in [0.2, 0.25) is 0 Å². The molecule has 4 nitrogen and oxygen atoms in total. The van der Waals surface area contributed by atoms with Gasteiger partial charge in [-0.1, -0.05) is 0 Å². The molecule has 1 heterocycles. The summed E-state index contributed by atoms with van der Waals surface area (Å²) in [6.07, 6.45) is 1.87. The van der Waals surface area contributed by atoms with Crippen molar-refractivity contribution in [2.75, 3.05) is 32.1 Å². The van der Waals surface area contributed by atoms with E-state index in [1.54, 1.807) is 0 Å². The number of nitrogens with zero attached hydrogens (tertiary/aromatic N) is 1. The molecule has 2 rings (SSSR count). The number of halogens is 2. The summed E-state index contributed by atoms with van der Waals surface area (Å²) in [6.45, 7) is 1.39. The van der Waals surface area contributed by atoms with E-state index in [1.807, 2.05) is 11.9 Å². The SMILES string of the molecule is CNCC1CCCN1c1ccc(C(=O)OC)c(F)c1F. The number of hydrogen-bond acceptors (Lipinski definition) is 4. The lowest BCUT2D eigenvalue weighted by Gasteiger charge is -2.27. The van der Waals surface area contributed by atoms with Crippen LogP contribution in [0.1, 0.15) is 23.2 Å². The quantitative estimate of drug-likeness (QED) is 0.858. The number of carbonyl (C=O) groups is 1. The van der Waals surface area contributed by atoms with Crippen LogP contribution in [0.5, 0.6) is 0 Å². The second-order valence-electron chi connectivity index (χ2n) is 4.80. The molecule has 20 heavy (non-hydrogen) atoms. The van der Waals surface area contributed by atoms with Crippen molar-refractivity contribution in [2.45, 2.75) is 18.9 Å². The van der Waals surface area contributed by atoms with Crippen LogP contribution >= 0.6 is 0 Å². The van der Waals surface area contributed by atoms with Crippen molar-refractivity contribution in [1.82, 2.24) is 5.32 Å². The highest BCUT2D eigenvalue weighted by molar-refractivity contribution is 5.90. The van der Waals surface area contributed by atoms with E-state index < -0.39 is 17.6 Å². The molecule has 0 radical (unpaired) electrons. The molecule has 1 aliphatic heterocycles. The first kappa shape index (κ1) is 14.7. The van der Waals surface area contributed by atoms with Crippen LogP contribution in [0.4, 0.5) is 14.5 Å². The first-order chi connectivity index (χ1) is 9.60. The zero-order chi connectivity index (χ0) is 14.7. The van der Waals surface area contributed by atoms with Gasteiger partial charge < -0.3 is 15.0 Å². The van der Waals surface area contributed by atoms with Crippen LogP contribution in [0.15, 0.2) is 12.1 Å². The van der Waals surface area contributed by atoms with Crippen molar-refractivity contribution in [2.24, 2.45) is 0 Å². The van der Waals surface area contributed by atoms with E-state index in [4.69, 9.17) is 0 Å². The lowest BCUT2D eigenvalue weighted by Crippen LogP contribution is -2.37. The van der Waals surface area contributed by atoms with Gasteiger partial charge in [0, 0.05) is 19.1 Å². The fourth-order valence-corrected chi connectivity index (χ4v) is 2.63. The summed E-state index contributed by atoms with van der Waals surface area (Å²) < 4.78 is 32.6. The Morgan fingerprint density at radius 2 is 2.20 bits per heavy atom. The Bertz CT molecular complexity index is 508. The summed E-state index contributed by atoms with van der Waals surface area (Å²) in [5.41, 5.74) is -0.175. The summed E-state index contributed by atoms with van der Waals surface area (Å²) in [6, 6.07) is 2.85. The van der Waals surface area contributed by atoms with E-state index in [2.05, 4.69) is 10.1 Å². The molecule has 1 aromatic rings. The van der Waals surface area contributed by atoms with Gasteiger partial charge in [-0.15, -0.1) is 0 Å². The predicted molar refractivity (Wildman–Crippen MR) is 72.0 cm³/mol. The second kappa shape index (κ2) is 6.17. The fraction of sp³-hybridized carbons (Fsp3) is 0.500. The van der Waals surface area contributed by atoms with Crippen molar-refractivity contribution >= 4 is 11.7 Å². The van der Waals surface area contributed by atoms with Gasteiger partial charge in [-0.3, -0.25) is 0 Å². The van der Waals surface area contributed by atoms with Gasteiger partial charge in [-0.2, -0.15) is 0 Å². The van der Waals surface area contributed by atoms with Crippen molar-refractivity contribution in [3.63, 3.8) is 0 Å². The zero-order valence-electron chi connectivity index (χ0n) is 11.6. The van der Waals surface area contributed by atoms with Gasteiger partial charge in [0.05, 0.1) is 18.4 Å². The van der Waals surface area contributed by atoms with E-state index >= 15 is 0 Å². The molecule has 0 spiro atoms. The molecule has 1 fully saturated rings. The molecule has 0 aromatic heterocycles. The topological polar surface area (TPSA) is 41.6 Å². The summed E-state index contributed by atoms with van der Waals surface area (Å²) in [5.74, 6) is -3.01. The van der Waals surface area contributed by atoms with Gasteiger partial charge in [0.1, 0.15) is 0 Å². The number of nitrogens with one attached hydrogen (secondary N) is 1. The maximum Gasteiger partial charge on any atom is 0.340 e. The molecule has 1 N–H and O–H groups in total. The van der Waals surface area contributed by atoms with E-state index in [0.717, 1.165) is 20.0 Å². The van der Waals surface area contributed by atoms with E-state index in [0.29, 0.717) is 13.1 Å². The minimum Gasteiger partial charge on any atom is -0.465 e. The monoisotopic (exact) mass is 284 g/mol. The van der Waals surface area contributed by atoms with Crippen LogP contribution in [-0.2, 0) is 4.74 Å². The largest absolute Gasteiger partial charge is 0.465 e. The third kappa shape index (κ3) is 2.60. The van der Waals surface area contributed by atoms with Crippen LogP contribution in [0, 0.1) is 11.6 Å². The third-order valence-corrected chi connectivity index (χ3v) is 3.59. The van der Waals surface area contributed by atoms with E-state index in [9.17, 15) is 13.6 Å². The number of hydrogen-bond donors (Lipinski definition) is 1. The Morgan fingerprint density at radius 3 is 2.85 bits per heavy atom. The highest BCUT2D eigenvalue weighted by atomic mass is 19.2. The van der Waals surface area contributed by atoms with Crippen LogP contribution in [-0.4, -0.2) is 39.3 Å². The number of rotatable bonds is 4. The Labute approximate surface area is 116 Å². The highest BCUT2D eigenvalue weighted by Crippen LogP contribution is 2.30. The number of carbonyl (C=O) groups excluding carboxylic acids is 1. The molecule has 0 aliphatic carbocycles. The average molecular weight is 284 g/mol. The molecule has 6 heteroatoms. The fourth-order valence-electron chi connectivity index (χ4n) is 2.63. The number of anilines is 1. The Morgan fingerprint density at radius 1 is 1.45 bits per heavy atom. The molecule has 110 valence electrons. The lowest BCUT2D eigenvalue weighted by molar-refractivity contribution is 0.0594. The molecule has 0 bridgehead atoms. The summed E-state index contributed by atoms with van der Waals surface area (Å²) in [5, 5.41) is 3.05. The number of methoxy groups -OCH3 is 1. The lowest BCUT2D eigenvalue weighted by atomic mass is 10.1. The molecule has 0 saturated carbocycles. The van der Waals surface area contributed by atoms with Gasteiger partial charge in [-0.25, -0.2) is 13.6 Å². The smallest absolute Gasteiger partial charge is 0.340 e. The average Bonchev–Trinajstić information content (AvgIpc) is 2.89. The van der Waals surface area contributed by atoms with Crippen molar-refractivity contribution in [1.29, 1.82) is 0 Å². The standard InChI is InChI=1S/C14H18F2N2O2/c1-17-8-9-4-3-7-18(9)11-6-5-10(14(19)20-2)12(15)13(11)16/h5-6,9,17H,3-4,7-8H2,1-2H3. The number of ether oxygens (including phenoxy) is 1. The van der Waals surface area contributed by atoms with Crippen molar-refractivity contribution < 1.29 is 18.3 Å². The molecule has 1 atom stereocenters. The third-order valence-electron chi connectivity index (χ3n) is 3.59. The first-order valence-electron chi connectivity index (χ1n) is 6.57. The molecule has 0 amide bonds. The van der Waals surface area contributed by atoms with Crippen molar-refractivity contribution in [3.8, 4) is 0 Å². The molecule has 1 saturated heterocycles. The number of esters is 1. The maximum atomic E-state index is 14.2. The normalized spacial score (nSPS) is 18.4. The van der Waals surface area contributed by atoms with Gasteiger partial charge in [0.2, 0.25) is 0 Å². The van der Waals surface area contributed by atoms with Gasteiger partial charge >= 0.3 is 5.97 Å². The first-order valence-corrected chi connectivity index (χ1v) is 6.57. The summed E-state index contributed by atoms with van der Waals surface area (Å²) >= 11 is 0. The van der Waals surface area contributed by atoms with Gasteiger partial charge in [0.15, 0.2) is 11.6 Å². The maximum absolute atomic E-state index is 14.2. The summed E-state index contributed by atoms with van der Waals surface area (Å²) in [4.78, 5) is 13.2. The van der Waals surface area contributed by atoms with Crippen LogP contribution in [0.3, 0.4) is 0 Å². The van der Waals surface area contributed by atoms with Crippen LogP contribution in [0.25, 0.3) is 0 Å². The molecule has 1 unspecified atom stereocenters. The minimum absolute atomic E-state index is 0.137. The Balaban J connectivity index is 2.34. The Kier molecular flexibility index (Phi) is 4.54. The van der Waals surface area contributed by atoms with Gasteiger partial charge in [0.25, 0.3) is 0 Å². The second-order valence-corrected chi connectivity index (χ2v) is 4.80. The molecule has 1 aromatic carbocycles. The minimum atomic E-state index is -1.15. The van der Waals surface area contributed by atoms with Crippen LogP contribution < -0.4 is 10.2 Å². The predicted octanol–water partition coefficient (Wildman–Crippen LogP) is 1.94. The molecular weight excluding hydrogens is 266 g/mol.